The van der Waals surface area contributed by atoms with E-state index in [4.69, 9.17) is 4.74 Å². The van der Waals surface area contributed by atoms with Crippen LogP contribution < -0.4 is 0 Å². The van der Waals surface area contributed by atoms with Crippen LogP contribution >= 0.6 is 15.9 Å². The average Bonchev–Trinajstić information content (AvgIpc) is 2.26. The van der Waals surface area contributed by atoms with E-state index >= 15 is 0 Å². The third-order valence-corrected chi connectivity index (χ3v) is 3.41. The molecule has 0 fully saturated rings. The van der Waals surface area contributed by atoms with Crippen LogP contribution in [0.2, 0.25) is 0 Å². The molecule has 0 spiro atoms. The Labute approximate surface area is 122 Å². The number of hydrogen-bond acceptors (Lipinski definition) is 2. The lowest BCUT2D eigenvalue weighted by atomic mass is 9.86. The summed E-state index contributed by atoms with van der Waals surface area (Å²) in [5, 5.41) is 0. The Bertz CT molecular complexity index is 452. The van der Waals surface area contributed by atoms with Crippen molar-refractivity contribution in [2.24, 2.45) is 5.41 Å². The van der Waals surface area contributed by atoms with Crippen molar-refractivity contribution in [3.63, 3.8) is 0 Å². The minimum atomic E-state index is -0.599. The lowest BCUT2D eigenvalue weighted by molar-refractivity contribution is -0.00661. The van der Waals surface area contributed by atoms with Gasteiger partial charge in [-0.25, -0.2) is 9.18 Å². The molecule has 1 unspecified atom stereocenters. The molecule has 0 aliphatic heterocycles. The molecule has 0 bridgehead atoms. The number of halogens is 2. The van der Waals surface area contributed by atoms with Crippen LogP contribution in [0.4, 0.5) is 4.39 Å². The summed E-state index contributed by atoms with van der Waals surface area (Å²) >= 11 is 3.16. The van der Waals surface area contributed by atoms with E-state index in [9.17, 15) is 9.18 Å². The Balaban J connectivity index is 2.88. The first-order valence-corrected chi connectivity index (χ1v) is 7.21. The van der Waals surface area contributed by atoms with Crippen LogP contribution in [0.15, 0.2) is 22.7 Å². The lowest BCUT2D eigenvalue weighted by Crippen LogP contribution is -2.31. The molecule has 2 nitrogen and oxygen atoms in total. The summed E-state index contributed by atoms with van der Waals surface area (Å²) in [5.74, 6) is -1.16. The van der Waals surface area contributed by atoms with Crippen molar-refractivity contribution in [3.05, 3.63) is 34.1 Å². The summed E-state index contributed by atoms with van der Waals surface area (Å²) in [5.41, 5.74) is -0.175. The fourth-order valence-electron chi connectivity index (χ4n) is 1.78. The molecular formula is C15H20BrFO2. The van der Waals surface area contributed by atoms with Crippen molar-refractivity contribution in [2.45, 2.75) is 46.6 Å². The summed E-state index contributed by atoms with van der Waals surface area (Å²) < 4.78 is 19.8. The summed E-state index contributed by atoms with van der Waals surface area (Å²) in [7, 11) is 0. The fourth-order valence-corrected chi connectivity index (χ4v) is 2.11. The zero-order chi connectivity index (χ0) is 14.6. The Hall–Kier alpha value is -0.900. The standard InChI is InChI=1S/C15H20BrFO2/c1-5-6-13(15(2,3)4)19-14(18)11-8-7-10(16)9-12(11)17/h7-9,13H,5-6H2,1-4H3. The van der Waals surface area contributed by atoms with Gasteiger partial charge in [0.2, 0.25) is 0 Å². The zero-order valence-corrected chi connectivity index (χ0v) is 13.4. The summed E-state index contributed by atoms with van der Waals surface area (Å²) in [6.45, 7) is 8.07. The van der Waals surface area contributed by atoms with E-state index in [2.05, 4.69) is 15.9 Å². The SMILES string of the molecule is CCCC(OC(=O)c1ccc(Br)cc1F)C(C)(C)C. The van der Waals surface area contributed by atoms with Crippen molar-refractivity contribution in [3.8, 4) is 0 Å². The van der Waals surface area contributed by atoms with Crippen LogP contribution in [0.25, 0.3) is 0 Å². The van der Waals surface area contributed by atoms with Crippen molar-refractivity contribution in [1.29, 1.82) is 0 Å². The summed E-state index contributed by atoms with van der Waals surface area (Å²) in [4.78, 5) is 12.0. The third kappa shape index (κ3) is 4.60. The van der Waals surface area contributed by atoms with E-state index in [0.29, 0.717) is 4.47 Å². The molecule has 0 aliphatic carbocycles. The monoisotopic (exact) mass is 330 g/mol. The molecule has 106 valence electrons. The molecule has 1 atom stereocenters. The highest BCUT2D eigenvalue weighted by molar-refractivity contribution is 9.10. The first kappa shape index (κ1) is 16.2. The molecule has 19 heavy (non-hydrogen) atoms. The quantitative estimate of drug-likeness (QED) is 0.729. The second-order valence-corrected chi connectivity index (χ2v) is 6.59. The Kier molecular flexibility index (Phi) is 5.53. The maximum absolute atomic E-state index is 13.7. The van der Waals surface area contributed by atoms with Crippen LogP contribution in [0, 0.1) is 11.2 Å². The number of benzene rings is 1. The van der Waals surface area contributed by atoms with Gasteiger partial charge in [0.1, 0.15) is 11.9 Å². The van der Waals surface area contributed by atoms with E-state index in [1.54, 1.807) is 6.07 Å². The molecule has 0 saturated heterocycles. The van der Waals surface area contributed by atoms with Crippen LogP contribution in [-0.2, 0) is 4.74 Å². The van der Waals surface area contributed by atoms with Gasteiger partial charge in [0, 0.05) is 4.47 Å². The topological polar surface area (TPSA) is 26.3 Å². The van der Waals surface area contributed by atoms with Crippen molar-refractivity contribution in [1.82, 2.24) is 0 Å². The molecular weight excluding hydrogens is 311 g/mol. The van der Waals surface area contributed by atoms with Gasteiger partial charge < -0.3 is 4.74 Å². The molecule has 4 heteroatoms. The van der Waals surface area contributed by atoms with Crippen LogP contribution in [0.1, 0.15) is 50.9 Å². The van der Waals surface area contributed by atoms with Crippen molar-refractivity contribution in [2.75, 3.05) is 0 Å². The lowest BCUT2D eigenvalue weighted by Gasteiger charge is -2.30. The summed E-state index contributed by atoms with van der Waals surface area (Å²) in [6, 6.07) is 4.33. The van der Waals surface area contributed by atoms with Gasteiger partial charge in [-0.15, -0.1) is 0 Å². The average molecular weight is 331 g/mol. The highest BCUT2D eigenvalue weighted by Gasteiger charge is 2.28. The smallest absolute Gasteiger partial charge is 0.341 e. The fraction of sp³-hybridized carbons (Fsp3) is 0.533. The maximum atomic E-state index is 13.7. The number of ether oxygens (including phenoxy) is 1. The second-order valence-electron chi connectivity index (χ2n) is 5.67. The number of esters is 1. The molecule has 0 saturated carbocycles. The Morgan fingerprint density at radius 1 is 1.42 bits per heavy atom. The van der Waals surface area contributed by atoms with Gasteiger partial charge in [-0.05, 0) is 30.0 Å². The van der Waals surface area contributed by atoms with Gasteiger partial charge in [-0.1, -0.05) is 50.0 Å². The van der Waals surface area contributed by atoms with Gasteiger partial charge in [0.15, 0.2) is 0 Å². The van der Waals surface area contributed by atoms with Gasteiger partial charge in [0.25, 0.3) is 0 Å². The van der Waals surface area contributed by atoms with Gasteiger partial charge in [-0.2, -0.15) is 0 Å². The highest BCUT2D eigenvalue weighted by Crippen LogP contribution is 2.27. The molecule has 0 N–H and O–H groups in total. The highest BCUT2D eigenvalue weighted by atomic mass is 79.9. The van der Waals surface area contributed by atoms with Crippen LogP contribution in [-0.4, -0.2) is 12.1 Å². The second kappa shape index (κ2) is 6.51. The number of carbonyl (C=O) groups is 1. The number of rotatable bonds is 4. The van der Waals surface area contributed by atoms with E-state index in [-0.39, 0.29) is 17.1 Å². The van der Waals surface area contributed by atoms with Gasteiger partial charge in [-0.3, -0.25) is 0 Å². The van der Waals surface area contributed by atoms with E-state index in [0.717, 1.165) is 12.8 Å². The molecule has 0 heterocycles. The number of hydrogen-bond donors (Lipinski definition) is 0. The molecule has 1 rings (SSSR count). The predicted octanol–water partition coefficient (Wildman–Crippen LogP) is 4.96. The third-order valence-electron chi connectivity index (χ3n) is 2.92. The van der Waals surface area contributed by atoms with E-state index in [1.165, 1.54) is 12.1 Å². The molecule has 0 amide bonds. The first-order chi connectivity index (χ1) is 8.75. The minimum absolute atomic E-state index is 0.0199. The molecule has 0 aromatic heterocycles. The first-order valence-electron chi connectivity index (χ1n) is 6.41. The van der Waals surface area contributed by atoms with E-state index < -0.39 is 11.8 Å². The predicted molar refractivity (Wildman–Crippen MR) is 77.7 cm³/mol. The van der Waals surface area contributed by atoms with Gasteiger partial charge in [0.05, 0.1) is 5.56 Å². The van der Waals surface area contributed by atoms with E-state index in [1.807, 2.05) is 27.7 Å². The summed E-state index contributed by atoms with van der Waals surface area (Å²) in [6.07, 6.45) is 1.47. The molecule has 0 radical (unpaired) electrons. The largest absolute Gasteiger partial charge is 0.458 e. The zero-order valence-electron chi connectivity index (χ0n) is 11.8. The molecule has 0 aliphatic rings. The Morgan fingerprint density at radius 3 is 2.53 bits per heavy atom. The van der Waals surface area contributed by atoms with Crippen molar-refractivity contribution < 1.29 is 13.9 Å². The maximum Gasteiger partial charge on any atom is 0.341 e. The minimum Gasteiger partial charge on any atom is -0.458 e. The van der Waals surface area contributed by atoms with Gasteiger partial charge >= 0.3 is 5.97 Å². The molecule has 1 aromatic rings. The van der Waals surface area contributed by atoms with Crippen molar-refractivity contribution >= 4 is 21.9 Å². The normalized spacial score (nSPS) is 13.2. The van der Waals surface area contributed by atoms with Crippen LogP contribution in [0.3, 0.4) is 0 Å². The molecule has 1 aromatic carbocycles. The number of carbonyl (C=O) groups excluding carboxylic acids is 1. The Morgan fingerprint density at radius 2 is 2.05 bits per heavy atom. The van der Waals surface area contributed by atoms with Crippen LogP contribution in [0.5, 0.6) is 0 Å².